The van der Waals surface area contributed by atoms with Gasteiger partial charge in [0, 0.05) is 45.1 Å². The number of aliphatic carboxylic acids is 1. The van der Waals surface area contributed by atoms with E-state index in [1.165, 1.54) is 11.1 Å². The molecule has 0 bridgehead atoms. The van der Waals surface area contributed by atoms with Crippen molar-refractivity contribution in [1.29, 1.82) is 0 Å². The summed E-state index contributed by atoms with van der Waals surface area (Å²) in [6.07, 6.45) is 4.76. The minimum Gasteiger partial charge on any atom is -0.481 e. The number of nitrogens with zero attached hydrogens (tertiary/aromatic N) is 4. The summed E-state index contributed by atoms with van der Waals surface area (Å²) in [7, 11) is 1.85. The molecule has 0 spiro atoms. The zero-order valence-corrected chi connectivity index (χ0v) is 20.5. The van der Waals surface area contributed by atoms with Crippen LogP contribution in [0.25, 0.3) is 11.1 Å². The Morgan fingerprint density at radius 3 is 2.50 bits per heavy atom. The molecule has 1 amide bonds. The van der Waals surface area contributed by atoms with Gasteiger partial charge in [-0.25, -0.2) is 0 Å². The fourth-order valence-electron chi connectivity index (χ4n) is 3.91. The third kappa shape index (κ3) is 6.88. The molecule has 1 N–H and O–H groups in total. The van der Waals surface area contributed by atoms with Crippen LogP contribution in [-0.4, -0.2) is 51.9 Å². The summed E-state index contributed by atoms with van der Waals surface area (Å²) in [6, 6.07) is 15.9. The highest BCUT2D eigenvalue weighted by atomic mass is 16.6. The fraction of sp³-hybridized carbons (Fsp3) is 0.296. The fourth-order valence-corrected chi connectivity index (χ4v) is 3.91. The average Bonchev–Trinajstić information content (AvgIpc) is 2.89. The van der Waals surface area contributed by atoms with Gasteiger partial charge < -0.3 is 14.9 Å². The van der Waals surface area contributed by atoms with Crippen molar-refractivity contribution >= 4 is 23.3 Å². The highest BCUT2D eigenvalue weighted by molar-refractivity contribution is 5.94. The number of rotatable bonds is 12. The van der Waals surface area contributed by atoms with Crippen LogP contribution in [0.2, 0.25) is 0 Å². The Morgan fingerprint density at radius 2 is 1.83 bits per heavy atom. The van der Waals surface area contributed by atoms with E-state index in [9.17, 15) is 19.7 Å². The SMILES string of the molecule is CCCCN(C)c1ccc(-c2cccc(CN(CCC(=O)O)C(=O)c3cccnc3)c2)cc1[N+](=O)[O-]. The molecule has 2 aromatic carbocycles. The van der Waals surface area contributed by atoms with Crippen LogP contribution in [0.3, 0.4) is 0 Å². The zero-order chi connectivity index (χ0) is 26.1. The minimum absolute atomic E-state index is 0.0337. The highest BCUT2D eigenvalue weighted by Crippen LogP contribution is 2.33. The van der Waals surface area contributed by atoms with Crippen LogP contribution in [0.5, 0.6) is 0 Å². The lowest BCUT2D eigenvalue weighted by molar-refractivity contribution is -0.384. The van der Waals surface area contributed by atoms with Crippen molar-refractivity contribution in [3.63, 3.8) is 0 Å². The van der Waals surface area contributed by atoms with Gasteiger partial charge in [-0.3, -0.25) is 24.7 Å². The van der Waals surface area contributed by atoms with E-state index in [1.807, 2.05) is 42.3 Å². The van der Waals surface area contributed by atoms with Crippen LogP contribution >= 0.6 is 0 Å². The van der Waals surface area contributed by atoms with Crippen LogP contribution in [-0.2, 0) is 11.3 Å². The number of carbonyl (C=O) groups excluding carboxylic acids is 1. The van der Waals surface area contributed by atoms with E-state index in [0.717, 1.165) is 30.5 Å². The predicted octanol–water partition coefficient (Wildman–Crippen LogP) is 5.01. The van der Waals surface area contributed by atoms with Crippen LogP contribution in [0.1, 0.15) is 42.1 Å². The number of aromatic nitrogens is 1. The monoisotopic (exact) mass is 490 g/mol. The maximum absolute atomic E-state index is 13.0. The number of benzene rings is 2. The third-order valence-electron chi connectivity index (χ3n) is 5.86. The predicted molar refractivity (Wildman–Crippen MR) is 138 cm³/mol. The summed E-state index contributed by atoms with van der Waals surface area (Å²) >= 11 is 0. The second-order valence-corrected chi connectivity index (χ2v) is 8.55. The number of unbranched alkanes of at least 4 members (excludes halogenated alkanes) is 1. The number of nitro benzene ring substituents is 1. The van der Waals surface area contributed by atoms with E-state index < -0.39 is 5.97 Å². The molecule has 0 unspecified atom stereocenters. The Kier molecular flexibility index (Phi) is 9.10. The molecule has 9 heteroatoms. The van der Waals surface area contributed by atoms with Crippen LogP contribution in [0.15, 0.2) is 67.0 Å². The molecule has 0 radical (unpaired) electrons. The van der Waals surface area contributed by atoms with Crippen LogP contribution < -0.4 is 4.90 Å². The van der Waals surface area contributed by atoms with Gasteiger partial charge in [-0.1, -0.05) is 37.6 Å². The standard InChI is InChI=1S/C27H30N4O5/c1-3-4-14-29(2)24-11-10-22(17-25(24)31(35)36)21-8-5-7-20(16-21)19-30(15-12-26(32)33)27(34)23-9-6-13-28-18-23/h5-11,13,16-18H,3-4,12,14-15,19H2,1-2H3,(H,32,33). The molecule has 3 rings (SSSR count). The molecule has 188 valence electrons. The number of hydrogen-bond acceptors (Lipinski definition) is 6. The summed E-state index contributed by atoms with van der Waals surface area (Å²) < 4.78 is 0. The molecule has 1 aromatic heterocycles. The van der Waals surface area contributed by atoms with Gasteiger partial charge in [-0.15, -0.1) is 0 Å². The van der Waals surface area contributed by atoms with E-state index in [-0.39, 0.29) is 36.0 Å². The van der Waals surface area contributed by atoms with Gasteiger partial charge in [-0.2, -0.15) is 0 Å². The van der Waals surface area contributed by atoms with Crippen molar-refractivity contribution in [3.8, 4) is 11.1 Å². The van der Waals surface area contributed by atoms with E-state index >= 15 is 0 Å². The Hall–Kier alpha value is -4.27. The number of amides is 1. The number of carboxylic acid groups (broad SMARTS) is 1. The molecule has 0 aliphatic carbocycles. The van der Waals surface area contributed by atoms with Crippen molar-refractivity contribution in [2.24, 2.45) is 0 Å². The molecule has 0 aliphatic rings. The zero-order valence-electron chi connectivity index (χ0n) is 20.5. The molecular formula is C27H30N4O5. The van der Waals surface area contributed by atoms with Crippen molar-refractivity contribution in [1.82, 2.24) is 9.88 Å². The molecule has 0 aliphatic heterocycles. The molecule has 36 heavy (non-hydrogen) atoms. The summed E-state index contributed by atoms with van der Waals surface area (Å²) in [4.78, 5) is 43.0. The van der Waals surface area contributed by atoms with E-state index in [2.05, 4.69) is 11.9 Å². The summed E-state index contributed by atoms with van der Waals surface area (Å²) in [5.74, 6) is -1.31. The van der Waals surface area contributed by atoms with Crippen molar-refractivity contribution in [2.75, 3.05) is 25.0 Å². The number of carboxylic acids is 1. The number of nitro groups is 1. The molecule has 1 heterocycles. The maximum atomic E-state index is 13.0. The molecule has 9 nitrogen and oxygen atoms in total. The van der Waals surface area contributed by atoms with Gasteiger partial charge in [0.25, 0.3) is 11.6 Å². The lowest BCUT2D eigenvalue weighted by Gasteiger charge is -2.22. The minimum atomic E-state index is -0.996. The Morgan fingerprint density at radius 1 is 1.06 bits per heavy atom. The van der Waals surface area contributed by atoms with Crippen molar-refractivity contribution < 1.29 is 19.6 Å². The molecule has 3 aromatic rings. The van der Waals surface area contributed by atoms with Crippen LogP contribution in [0, 0.1) is 10.1 Å². The Labute approximate surface area is 210 Å². The molecule has 0 saturated carbocycles. The summed E-state index contributed by atoms with van der Waals surface area (Å²) in [5, 5.41) is 21.0. The van der Waals surface area contributed by atoms with Crippen LogP contribution in [0.4, 0.5) is 11.4 Å². The lowest BCUT2D eigenvalue weighted by Crippen LogP contribution is -2.32. The summed E-state index contributed by atoms with van der Waals surface area (Å²) in [6.45, 7) is 3.03. The van der Waals surface area contributed by atoms with Gasteiger partial charge in [0.1, 0.15) is 5.69 Å². The van der Waals surface area contributed by atoms with Crippen molar-refractivity contribution in [2.45, 2.75) is 32.7 Å². The largest absolute Gasteiger partial charge is 0.481 e. The quantitative estimate of drug-likeness (QED) is 0.280. The molecule has 0 atom stereocenters. The number of carbonyl (C=O) groups is 2. The first kappa shape index (κ1) is 26.3. The number of hydrogen-bond donors (Lipinski definition) is 1. The molecule has 0 saturated heterocycles. The Bertz CT molecular complexity index is 1220. The maximum Gasteiger partial charge on any atom is 0.305 e. The van der Waals surface area contributed by atoms with Gasteiger partial charge >= 0.3 is 5.97 Å². The molecule has 0 fully saturated rings. The van der Waals surface area contributed by atoms with E-state index in [4.69, 9.17) is 5.11 Å². The normalized spacial score (nSPS) is 10.6. The average molecular weight is 491 g/mol. The first-order valence-electron chi connectivity index (χ1n) is 11.8. The van der Waals surface area contributed by atoms with Crippen molar-refractivity contribution in [3.05, 3.63) is 88.2 Å². The van der Waals surface area contributed by atoms with Gasteiger partial charge in [-0.05, 0) is 47.4 Å². The first-order valence-corrected chi connectivity index (χ1v) is 11.8. The number of anilines is 1. The van der Waals surface area contributed by atoms with Gasteiger partial charge in [0.2, 0.25) is 0 Å². The second kappa shape index (κ2) is 12.4. The Balaban J connectivity index is 1.89. The molecular weight excluding hydrogens is 460 g/mol. The topological polar surface area (TPSA) is 117 Å². The van der Waals surface area contributed by atoms with Gasteiger partial charge in [0.15, 0.2) is 0 Å². The number of pyridine rings is 1. The summed E-state index contributed by atoms with van der Waals surface area (Å²) in [5.41, 5.74) is 3.21. The van der Waals surface area contributed by atoms with Gasteiger partial charge in [0.05, 0.1) is 16.9 Å². The van der Waals surface area contributed by atoms with E-state index in [0.29, 0.717) is 16.8 Å². The third-order valence-corrected chi connectivity index (χ3v) is 5.86. The lowest BCUT2D eigenvalue weighted by atomic mass is 10.0. The smallest absolute Gasteiger partial charge is 0.305 e. The second-order valence-electron chi connectivity index (χ2n) is 8.55. The van der Waals surface area contributed by atoms with E-state index in [1.54, 1.807) is 30.5 Å². The highest BCUT2D eigenvalue weighted by Gasteiger charge is 2.20. The first-order chi connectivity index (χ1) is 17.3.